The molecule has 0 aromatic carbocycles. The lowest BCUT2D eigenvalue weighted by atomic mass is 10.0. The lowest BCUT2D eigenvalue weighted by Gasteiger charge is -2.17. The van der Waals surface area contributed by atoms with E-state index in [1.54, 1.807) is 7.11 Å². The van der Waals surface area contributed by atoms with Crippen LogP contribution in [0.1, 0.15) is 19.8 Å². The van der Waals surface area contributed by atoms with Crippen molar-refractivity contribution in [2.24, 2.45) is 5.92 Å². The SMILES string of the molecule is COC1CNC(CNCC2CCOC2C)C1. The third-order valence-electron chi connectivity index (χ3n) is 3.85. The lowest BCUT2D eigenvalue weighted by molar-refractivity contribution is 0.105. The molecule has 0 aromatic rings. The van der Waals surface area contributed by atoms with Crippen LogP contribution >= 0.6 is 0 Å². The summed E-state index contributed by atoms with van der Waals surface area (Å²) < 4.78 is 10.9. The number of nitrogens with one attached hydrogen (secondary N) is 2. The second-order valence-corrected chi connectivity index (χ2v) is 4.98. The highest BCUT2D eigenvalue weighted by Crippen LogP contribution is 2.19. The van der Waals surface area contributed by atoms with Gasteiger partial charge >= 0.3 is 0 Å². The molecule has 0 spiro atoms. The summed E-state index contributed by atoms with van der Waals surface area (Å²) in [5, 5.41) is 7.02. The minimum absolute atomic E-state index is 0.403. The van der Waals surface area contributed by atoms with Crippen molar-refractivity contribution >= 4 is 0 Å². The zero-order valence-corrected chi connectivity index (χ0v) is 10.4. The molecule has 2 N–H and O–H groups in total. The van der Waals surface area contributed by atoms with E-state index in [0.717, 1.165) is 32.7 Å². The van der Waals surface area contributed by atoms with Gasteiger partial charge in [-0.25, -0.2) is 0 Å². The van der Waals surface area contributed by atoms with Crippen LogP contribution in [0, 0.1) is 5.92 Å². The molecule has 0 saturated carbocycles. The first-order valence-corrected chi connectivity index (χ1v) is 6.38. The molecule has 2 aliphatic rings. The van der Waals surface area contributed by atoms with E-state index in [1.807, 2.05) is 0 Å². The molecule has 0 aromatic heterocycles. The Hall–Kier alpha value is -0.160. The fourth-order valence-electron chi connectivity index (χ4n) is 2.60. The molecule has 2 aliphatic heterocycles. The summed E-state index contributed by atoms with van der Waals surface area (Å²) in [6, 6.07) is 0.572. The molecule has 2 heterocycles. The highest BCUT2D eigenvalue weighted by Gasteiger charge is 2.26. The van der Waals surface area contributed by atoms with Crippen molar-refractivity contribution < 1.29 is 9.47 Å². The summed E-state index contributed by atoms with van der Waals surface area (Å²) >= 11 is 0. The van der Waals surface area contributed by atoms with E-state index in [-0.39, 0.29) is 0 Å². The summed E-state index contributed by atoms with van der Waals surface area (Å²) in [5.74, 6) is 0.694. The van der Waals surface area contributed by atoms with Crippen molar-refractivity contribution in [1.29, 1.82) is 0 Å². The third kappa shape index (κ3) is 3.17. The monoisotopic (exact) mass is 228 g/mol. The van der Waals surface area contributed by atoms with E-state index in [4.69, 9.17) is 9.47 Å². The smallest absolute Gasteiger partial charge is 0.0711 e. The molecule has 4 heteroatoms. The van der Waals surface area contributed by atoms with Crippen LogP contribution < -0.4 is 10.6 Å². The second-order valence-electron chi connectivity index (χ2n) is 4.98. The Morgan fingerprint density at radius 3 is 2.94 bits per heavy atom. The first-order valence-electron chi connectivity index (χ1n) is 6.38. The largest absolute Gasteiger partial charge is 0.380 e. The second kappa shape index (κ2) is 5.96. The van der Waals surface area contributed by atoms with Crippen molar-refractivity contribution in [2.45, 2.75) is 38.0 Å². The van der Waals surface area contributed by atoms with Gasteiger partial charge in [-0.05, 0) is 25.7 Å². The molecule has 2 saturated heterocycles. The molecule has 0 radical (unpaired) electrons. The molecular weight excluding hydrogens is 204 g/mol. The molecular formula is C12H24N2O2. The molecule has 2 rings (SSSR count). The van der Waals surface area contributed by atoms with Gasteiger partial charge in [-0.15, -0.1) is 0 Å². The summed E-state index contributed by atoms with van der Waals surface area (Å²) in [6.45, 7) is 6.22. The Kier molecular flexibility index (Phi) is 4.58. The number of hydrogen-bond donors (Lipinski definition) is 2. The zero-order chi connectivity index (χ0) is 11.4. The molecule has 4 nitrogen and oxygen atoms in total. The predicted octanol–water partition coefficient (Wildman–Crippen LogP) is 0.378. The first kappa shape index (κ1) is 12.3. The van der Waals surface area contributed by atoms with E-state index in [0.29, 0.717) is 24.2 Å². The molecule has 0 bridgehead atoms. The Labute approximate surface area is 98.1 Å². The molecule has 16 heavy (non-hydrogen) atoms. The van der Waals surface area contributed by atoms with Crippen LogP contribution in [0.2, 0.25) is 0 Å². The van der Waals surface area contributed by atoms with Crippen LogP contribution in [0.15, 0.2) is 0 Å². The first-order chi connectivity index (χ1) is 7.79. The van der Waals surface area contributed by atoms with Gasteiger partial charge in [-0.2, -0.15) is 0 Å². The van der Waals surface area contributed by atoms with Crippen LogP contribution in [0.25, 0.3) is 0 Å². The maximum absolute atomic E-state index is 5.55. The van der Waals surface area contributed by atoms with Crippen molar-refractivity contribution in [2.75, 3.05) is 33.4 Å². The molecule has 0 aliphatic carbocycles. The molecule has 0 amide bonds. The Bertz CT molecular complexity index is 213. The molecule has 4 atom stereocenters. The Morgan fingerprint density at radius 1 is 1.44 bits per heavy atom. The normalized spacial score (nSPS) is 39.4. The van der Waals surface area contributed by atoms with Gasteiger partial charge in [0.25, 0.3) is 0 Å². The van der Waals surface area contributed by atoms with E-state index < -0.39 is 0 Å². The van der Waals surface area contributed by atoms with Crippen LogP contribution in [0.5, 0.6) is 0 Å². The summed E-state index contributed by atoms with van der Waals surface area (Å²) in [6.07, 6.45) is 3.16. The van der Waals surface area contributed by atoms with Gasteiger partial charge in [0, 0.05) is 39.4 Å². The van der Waals surface area contributed by atoms with Crippen molar-refractivity contribution in [3.05, 3.63) is 0 Å². The minimum atomic E-state index is 0.403. The lowest BCUT2D eigenvalue weighted by Crippen LogP contribution is -2.37. The van der Waals surface area contributed by atoms with Crippen LogP contribution in [-0.2, 0) is 9.47 Å². The summed E-state index contributed by atoms with van der Waals surface area (Å²) in [7, 11) is 1.79. The molecule has 2 fully saturated rings. The van der Waals surface area contributed by atoms with Crippen molar-refractivity contribution in [1.82, 2.24) is 10.6 Å². The zero-order valence-electron chi connectivity index (χ0n) is 10.4. The van der Waals surface area contributed by atoms with Gasteiger partial charge < -0.3 is 20.1 Å². The fraction of sp³-hybridized carbons (Fsp3) is 1.00. The van der Waals surface area contributed by atoms with Gasteiger partial charge in [0.2, 0.25) is 0 Å². The van der Waals surface area contributed by atoms with E-state index in [9.17, 15) is 0 Å². The van der Waals surface area contributed by atoms with Gasteiger partial charge in [0.15, 0.2) is 0 Å². The van der Waals surface area contributed by atoms with Crippen LogP contribution in [0.4, 0.5) is 0 Å². The van der Waals surface area contributed by atoms with E-state index in [2.05, 4.69) is 17.6 Å². The minimum Gasteiger partial charge on any atom is -0.380 e. The Morgan fingerprint density at radius 2 is 2.31 bits per heavy atom. The fourth-order valence-corrected chi connectivity index (χ4v) is 2.60. The van der Waals surface area contributed by atoms with E-state index in [1.165, 1.54) is 6.42 Å². The summed E-state index contributed by atoms with van der Waals surface area (Å²) in [5.41, 5.74) is 0. The number of rotatable bonds is 5. The summed E-state index contributed by atoms with van der Waals surface area (Å²) in [4.78, 5) is 0. The van der Waals surface area contributed by atoms with E-state index >= 15 is 0 Å². The van der Waals surface area contributed by atoms with Gasteiger partial charge in [-0.3, -0.25) is 0 Å². The average Bonchev–Trinajstić information content (AvgIpc) is 2.89. The highest BCUT2D eigenvalue weighted by molar-refractivity contribution is 4.84. The standard InChI is InChI=1S/C12H24N2O2/c1-9-10(3-4-16-9)6-13-7-11-5-12(15-2)8-14-11/h9-14H,3-8H2,1-2H3. The van der Waals surface area contributed by atoms with Crippen LogP contribution in [0.3, 0.4) is 0 Å². The average molecular weight is 228 g/mol. The topological polar surface area (TPSA) is 42.5 Å². The van der Waals surface area contributed by atoms with Gasteiger partial charge in [-0.1, -0.05) is 0 Å². The third-order valence-corrected chi connectivity index (χ3v) is 3.85. The highest BCUT2D eigenvalue weighted by atomic mass is 16.5. The maximum atomic E-state index is 5.55. The number of hydrogen-bond acceptors (Lipinski definition) is 4. The maximum Gasteiger partial charge on any atom is 0.0711 e. The van der Waals surface area contributed by atoms with Crippen molar-refractivity contribution in [3.8, 4) is 0 Å². The number of methoxy groups -OCH3 is 1. The quantitative estimate of drug-likeness (QED) is 0.714. The Balaban J connectivity index is 1.58. The molecule has 4 unspecified atom stereocenters. The van der Waals surface area contributed by atoms with Crippen molar-refractivity contribution in [3.63, 3.8) is 0 Å². The van der Waals surface area contributed by atoms with Gasteiger partial charge in [0.05, 0.1) is 12.2 Å². The van der Waals surface area contributed by atoms with Gasteiger partial charge in [0.1, 0.15) is 0 Å². The van der Waals surface area contributed by atoms with Crippen LogP contribution in [-0.4, -0.2) is 51.6 Å². The number of ether oxygens (including phenoxy) is 2. The molecule has 94 valence electrons. The predicted molar refractivity (Wildman–Crippen MR) is 63.6 cm³/mol.